The van der Waals surface area contributed by atoms with Crippen LogP contribution in [0.25, 0.3) is 10.6 Å². The summed E-state index contributed by atoms with van der Waals surface area (Å²) >= 11 is 1.48. The molecule has 152 valence electrons. The minimum Gasteiger partial charge on any atom is -0.496 e. The number of ether oxygens (including phenoxy) is 4. The van der Waals surface area contributed by atoms with Gasteiger partial charge in [-0.3, -0.25) is 4.79 Å². The average molecular weight is 413 g/mol. The molecule has 0 spiro atoms. The zero-order valence-electron chi connectivity index (χ0n) is 16.9. The van der Waals surface area contributed by atoms with E-state index in [0.717, 1.165) is 27.4 Å². The average Bonchev–Trinajstić information content (AvgIpc) is 3.22. The topological polar surface area (TPSA) is 66.9 Å². The minimum absolute atomic E-state index is 0.131. The van der Waals surface area contributed by atoms with Gasteiger partial charge in [-0.1, -0.05) is 12.1 Å². The Morgan fingerprint density at radius 3 is 2.45 bits per heavy atom. The Bertz CT molecular complexity index is 999. The number of esters is 1. The number of rotatable bonds is 8. The van der Waals surface area contributed by atoms with Crippen LogP contribution in [-0.2, 0) is 22.6 Å². The molecule has 0 atom stereocenters. The number of benzene rings is 2. The van der Waals surface area contributed by atoms with Crippen LogP contribution >= 0.6 is 11.3 Å². The molecule has 6 nitrogen and oxygen atoms in total. The fourth-order valence-corrected chi connectivity index (χ4v) is 3.62. The first kappa shape index (κ1) is 20.7. The van der Waals surface area contributed by atoms with Crippen molar-refractivity contribution < 1.29 is 23.7 Å². The van der Waals surface area contributed by atoms with Crippen LogP contribution in [0.15, 0.2) is 41.8 Å². The third kappa shape index (κ3) is 5.06. The number of hydrogen-bond donors (Lipinski definition) is 0. The second kappa shape index (κ2) is 9.43. The zero-order chi connectivity index (χ0) is 20.8. The molecule has 0 fully saturated rings. The summed E-state index contributed by atoms with van der Waals surface area (Å²) in [7, 11) is 4.81. The molecule has 0 aliphatic rings. The summed E-state index contributed by atoms with van der Waals surface area (Å²) in [6.07, 6.45) is 0.184. The third-order valence-electron chi connectivity index (χ3n) is 4.38. The molecule has 0 amide bonds. The highest BCUT2D eigenvalue weighted by atomic mass is 32.1. The highest BCUT2D eigenvalue weighted by Gasteiger charge is 2.12. The van der Waals surface area contributed by atoms with Crippen molar-refractivity contribution in [1.82, 2.24) is 4.98 Å². The van der Waals surface area contributed by atoms with Crippen molar-refractivity contribution in [2.24, 2.45) is 0 Å². The van der Waals surface area contributed by atoms with Crippen LogP contribution in [0.1, 0.15) is 16.8 Å². The molecular formula is C22H23NO5S. The lowest BCUT2D eigenvalue weighted by atomic mass is 10.1. The highest BCUT2D eigenvalue weighted by Crippen LogP contribution is 2.33. The Labute approximate surface area is 174 Å². The fourth-order valence-electron chi connectivity index (χ4n) is 2.82. The monoisotopic (exact) mass is 413 g/mol. The molecule has 7 heteroatoms. The van der Waals surface area contributed by atoms with E-state index in [1.165, 1.54) is 11.3 Å². The summed E-state index contributed by atoms with van der Waals surface area (Å²) in [5, 5.41) is 2.70. The van der Waals surface area contributed by atoms with Gasteiger partial charge < -0.3 is 18.9 Å². The van der Waals surface area contributed by atoms with Gasteiger partial charge in [0.1, 0.15) is 17.4 Å². The number of nitrogens with zero attached hydrogens (tertiary/aromatic N) is 1. The standard InChI is InChI=1S/C22H23NO5S/c1-14-5-6-15(9-19(14)26-3)10-21(24)28-12-17-13-29-22(23-17)16-7-8-18(25-2)20(11-16)27-4/h5-9,11,13H,10,12H2,1-4H3. The van der Waals surface area contributed by atoms with Crippen LogP contribution in [0.2, 0.25) is 0 Å². The van der Waals surface area contributed by atoms with E-state index in [2.05, 4.69) is 4.98 Å². The molecule has 1 aromatic heterocycles. The first-order chi connectivity index (χ1) is 14.0. The molecule has 0 aliphatic heterocycles. The maximum Gasteiger partial charge on any atom is 0.310 e. The smallest absolute Gasteiger partial charge is 0.310 e. The summed E-state index contributed by atoms with van der Waals surface area (Å²) in [5.41, 5.74) is 3.49. The molecule has 0 aliphatic carbocycles. The van der Waals surface area contributed by atoms with Gasteiger partial charge in [-0.2, -0.15) is 0 Å². The summed E-state index contributed by atoms with van der Waals surface area (Å²) in [4.78, 5) is 16.7. The molecule has 0 unspecified atom stereocenters. The normalized spacial score (nSPS) is 10.5. The lowest BCUT2D eigenvalue weighted by molar-refractivity contribution is -0.144. The number of carbonyl (C=O) groups is 1. The third-order valence-corrected chi connectivity index (χ3v) is 5.32. The van der Waals surface area contributed by atoms with Gasteiger partial charge in [0, 0.05) is 10.9 Å². The number of hydrogen-bond acceptors (Lipinski definition) is 7. The van der Waals surface area contributed by atoms with Crippen molar-refractivity contribution >= 4 is 17.3 Å². The maximum absolute atomic E-state index is 12.2. The zero-order valence-corrected chi connectivity index (χ0v) is 17.7. The minimum atomic E-state index is -0.309. The second-order valence-electron chi connectivity index (χ2n) is 6.36. The molecule has 0 saturated carbocycles. The van der Waals surface area contributed by atoms with Crippen LogP contribution in [0.5, 0.6) is 17.2 Å². The number of aryl methyl sites for hydroxylation is 1. The molecular weight excluding hydrogens is 390 g/mol. The molecule has 3 aromatic rings. The van der Waals surface area contributed by atoms with Gasteiger partial charge in [0.05, 0.1) is 33.4 Å². The molecule has 0 bridgehead atoms. The molecule has 0 N–H and O–H groups in total. The van der Waals surface area contributed by atoms with E-state index in [1.54, 1.807) is 21.3 Å². The molecule has 0 radical (unpaired) electrons. The SMILES string of the molecule is COc1cc(CC(=O)OCc2csc(-c3ccc(OC)c(OC)c3)n2)ccc1C. The number of aromatic nitrogens is 1. The van der Waals surface area contributed by atoms with Crippen LogP contribution < -0.4 is 14.2 Å². The lowest BCUT2D eigenvalue weighted by Gasteiger charge is -2.08. The Kier molecular flexibility index (Phi) is 6.72. The molecule has 0 saturated heterocycles. The highest BCUT2D eigenvalue weighted by molar-refractivity contribution is 7.13. The van der Waals surface area contributed by atoms with Gasteiger partial charge in [-0.25, -0.2) is 4.98 Å². The van der Waals surface area contributed by atoms with Crippen LogP contribution in [0.3, 0.4) is 0 Å². The van der Waals surface area contributed by atoms with Crippen LogP contribution in [-0.4, -0.2) is 32.3 Å². The van der Waals surface area contributed by atoms with E-state index in [1.807, 2.05) is 48.7 Å². The van der Waals surface area contributed by atoms with Crippen molar-refractivity contribution in [2.75, 3.05) is 21.3 Å². The Hall–Kier alpha value is -3.06. The lowest BCUT2D eigenvalue weighted by Crippen LogP contribution is -2.08. The quantitative estimate of drug-likeness (QED) is 0.509. The Morgan fingerprint density at radius 1 is 0.966 bits per heavy atom. The predicted molar refractivity (Wildman–Crippen MR) is 112 cm³/mol. The second-order valence-corrected chi connectivity index (χ2v) is 7.21. The first-order valence-corrected chi connectivity index (χ1v) is 9.88. The van der Waals surface area contributed by atoms with Crippen LogP contribution in [0, 0.1) is 6.92 Å². The van der Waals surface area contributed by atoms with Gasteiger partial charge in [0.2, 0.25) is 0 Å². The molecule has 1 heterocycles. The maximum atomic E-state index is 12.2. The summed E-state index contributed by atoms with van der Waals surface area (Å²) in [6, 6.07) is 11.3. The van der Waals surface area contributed by atoms with Gasteiger partial charge in [0.25, 0.3) is 0 Å². The van der Waals surface area contributed by atoms with E-state index in [-0.39, 0.29) is 19.0 Å². The summed E-state index contributed by atoms with van der Waals surface area (Å²) < 4.78 is 21.3. The van der Waals surface area contributed by atoms with Gasteiger partial charge >= 0.3 is 5.97 Å². The van der Waals surface area contributed by atoms with Gasteiger partial charge in [-0.15, -0.1) is 11.3 Å². The van der Waals surface area contributed by atoms with Gasteiger partial charge in [-0.05, 0) is 42.3 Å². The van der Waals surface area contributed by atoms with E-state index in [0.29, 0.717) is 17.2 Å². The number of carbonyl (C=O) groups excluding carboxylic acids is 1. The van der Waals surface area contributed by atoms with E-state index in [4.69, 9.17) is 18.9 Å². The Balaban J connectivity index is 1.61. The fraction of sp³-hybridized carbons (Fsp3) is 0.273. The van der Waals surface area contributed by atoms with E-state index in [9.17, 15) is 4.79 Å². The van der Waals surface area contributed by atoms with Gasteiger partial charge in [0.15, 0.2) is 11.5 Å². The van der Waals surface area contributed by atoms with Crippen LogP contribution in [0.4, 0.5) is 0 Å². The molecule has 29 heavy (non-hydrogen) atoms. The van der Waals surface area contributed by atoms with E-state index < -0.39 is 0 Å². The number of methoxy groups -OCH3 is 3. The van der Waals surface area contributed by atoms with Crippen molar-refractivity contribution in [3.8, 4) is 27.8 Å². The molecule has 2 aromatic carbocycles. The Morgan fingerprint density at radius 2 is 1.72 bits per heavy atom. The van der Waals surface area contributed by atoms with Crippen molar-refractivity contribution in [2.45, 2.75) is 20.0 Å². The molecule has 3 rings (SSSR count). The summed E-state index contributed by atoms with van der Waals surface area (Å²) in [6.45, 7) is 2.09. The van der Waals surface area contributed by atoms with Crippen molar-refractivity contribution in [3.05, 3.63) is 58.6 Å². The predicted octanol–water partition coefficient (Wildman–Crippen LogP) is 4.43. The van der Waals surface area contributed by atoms with Crippen molar-refractivity contribution in [1.29, 1.82) is 0 Å². The van der Waals surface area contributed by atoms with Crippen molar-refractivity contribution in [3.63, 3.8) is 0 Å². The largest absolute Gasteiger partial charge is 0.496 e. The first-order valence-electron chi connectivity index (χ1n) is 9.00. The summed E-state index contributed by atoms with van der Waals surface area (Å²) in [5.74, 6) is 1.75. The number of thiazole rings is 1. The van der Waals surface area contributed by atoms with E-state index >= 15 is 0 Å².